The van der Waals surface area contributed by atoms with Gasteiger partial charge in [0, 0.05) is 24.9 Å². The number of carbonyl (C=O) groups is 1. The first-order valence-electron chi connectivity index (χ1n) is 7.09. The Morgan fingerprint density at radius 1 is 1.38 bits per heavy atom. The highest BCUT2D eigenvalue weighted by Crippen LogP contribution is 2.14. The number of aryl methyl sites for hydroxylation is 1. The smallest absolute Gasteiger partial charge is 0.274 e. The number of hydrogen-bond donors (Lipinski definition) is 2. The number of rotatable bonds is 6. The van der Waals surface area contributed by atoms with E-state index in [2.05, 4.69) is 10.2 Å². The molecule has 112 valence electrons. The minimum Gasteiger partial charge on any atom is -0.396 e. The molecule has 1 aromatic heterocycles. The van der Waals surface area contributed by atoms with E-state index in [0.29, 0.717) is 18.7 Å². The van der Waals surface area contributed by atoms with Crippen LogP contribution in [0.25, 0.3) is 0 Å². The van der Waals surface area contributed by atoms with Gasteiger partial charge < -0.3 is 10.0 Å². The van der Waals surface area contributed by atoms with Gasteiger partial charge in [0.2, 0.25) is 0 Å². The van der Waals surface area contributed by atoms with Gasteiger partial charge in [-0.3, -0.25) is 9.89 Å². The van der Waals surface area contributed by atoms with Gasteiger partial charge in [-0.2, -0.15) is 5.10 Å². The fraction of sp³-hybridized carbons (Fsp3) is 0.375. The molecule has 0 spiro atoms. The van der Waals surface area contributed by atoms with E-state index in [4.69, 9.17) is 5.11 Å². The summed E-state index contributed by atoms with van der Waals surface area (Å²) in [6, 6.07) is 11.5. The van der Waals surface area contributed by atoms with Gasteiger partial charge in [-0.1, -0.05) is 30.3 Å². The lowest BCUT2D eigenvalue weighted by Gasteiger charge is -2.28. The average Bonchev–Trinajstić information content (AvgIpc) is 2.92. The Labute approximate surface area is 124 Å². The molecule has 1 aromatic carbocycles. The summed E-state index contributed by atoms with van der Waals surface area (Å²) in [6.45, 7) is 4.37. The van der Waals surface area contributed by atoms with Crippen LogP contribution in [0.2, 0.25) is 0 Å². The normalized spacial score (nSPS) is 12.1. The Morgan fingerprint density at radius 3 is 2.67 bits per heavy atom. The summed E-state index contributed by atoms with van der Waals surface area (Å²) in [5.41, 5.74) is 2.32. The van der Waals surface area contributed by atoms with E-state index in [0.717, 1.165) is 11.3 Å². The van der Waals surface area contributed by atoms with Crippen LogP contribution < -0.4 is 0 Å². The molecule has 0 aliphatic rings. The van der Waals surface area contributed by atoms with Gasteiger partial charge in [0.25, 0.3) is 5.91 Å². The molecule has 1 heterocycles. The largest absolute Gasteiger partial charge is 0.396 e. The second-order valence-electron chi connectivity index (χ2n) is 5.22. The van der Waals surface area contributed by atoms with Crippen molar-refractivity contribution in [2.45, 2.75) is 32.9 Å². The predicted octanol–water partition coefficient (Wildman–Crippen LogP) is 2.13. The number of aliphatic hydroxyl groups excluding tert-OH is 1. The number of H-pyrrole nitrogens is 1. The van der Waals surface area contributed by atoms with E-state index in [9.17, 15) is 4.79 Å². The molecule has 1 unspecified atom stereocenters. The minimum atomic E-state index is -0.121. The molecule has 0 radical (unpaired) electrons. The first-order valence-corrected chi connectivity index (χ1v) is 7.09. The van der Waals surface area contributed by atoms with Gasteiger partial charge in [0.05, 0.1) is 0 Å². The molecule has 21 heavy (non-hydrogen) atoms. The molecule has 0 aliphatic heterocycles. The average molecular weight is 287 g/mol. The standard InChI is InChI=1S/C16H21N3O2/c1-12-10-15(18-17-12)16(21)19(13(2)8-9-20)11-14-6-4-3-5-7-14/h3-7,10,13,20H,8-9,11H2,1-2H3,(H,17,18). The Bertz CT molecular complexity index is 580. The summed E-state index contributed by atoms with van der Waals surface area (Å²) in [6.07, 6.45) is 0.544. The van der Waals surface area contributed by atoms with Crippen molar-refractivity contribution in [2.75, 3.05) is 6.61 Å². The highest BCUT2D eigenvalue weighted by molar-refractivity contribution is 5.92. The van der Waals surface area contributed by atoms with E-state index >= 15 is 0 Å². The predicted molar refractivity (Wildman–Crippen MR) is 80.8 cm³/mol. The molecule has 5 nitrogen and oxygen atoms in total. The summed E-state index contributed by atoms with van der Waals surface area (Å²) >= 11 is 0. The summed E-state index contributed by atoms with van der Waals surface area (Å²) in [5, 5.41) is 16.0. The number of carbonyl (C=O) groups excluding carboxylic acids is 1. The molecule has 1 atom stereocenters. The molecule has 2 aromatic rings. The lowest BCUT2D eigenvalue weighted by atomic mass is 10.1. The number of aliphatic hydroxyl groups is 1. The number of aromatic nitrogens is 2. The molecular formula is C16H21N3O2. The second-order valence-corrected chi connectivity index (χ2v) is 5.22. The first-order chi connectivity index (χ1) is 10.1. The van der Waals surface area contributed by atoms with E-state index in [-0.39, 0.29) is 18.6 Å². The Morgan fingerprint density at radius 2 is 2.10 bits per heavy atom. The Kier molecular flexibility index (Phi) is 5.11. The lowest BCUT2D eigenvalue weighted by Crippen LogP contribution is -2.38. The molecule has 5 heteroatoms. The van der Waals surface area contributed by atoms with Crippen molar-refractivity contribution >= 4 is 5.91 Å². The molecule has 1 amide bonds. The van der Waals surface area contributed by atoms with E-state index in [1.165, 1.54) is 0 Å². The van der Waals surface area contributed by atoms with Crippen molar-refractivity contribution < 1.29 is 9.90 Å². The van der Waals surface area contributed by atoms with Crippen molar-refractivity contribution in [2.24, 2.45) is 0 Å². The summed E-state index contributed by atoms with van der Waals surface area (Å²) in [7, 11) is 0. The van der Waals surface area contributed by atoms with Crippen molar-refractivity contribution in [3.63, 3.8) is 0 Å². The Balaban J connectivity index is 2.21. The van der Waals surface area contributed by atoms with Crippen LogP contribution >= 0.6 is 0 Å². The minimum absolute atomic E-state index is 0.0549. The number of hydrogen-bond acceptors (Lipinski definition) is 3. The fourth-order valence-corrected chi connectivity index (χ4v) is 2.23. The summed E-state index contributed by atoms with van der Waals surface area (Å²) < 4.78 is 0. The van der Waals surface area contributed by atoms with Crippen LogP contribution in [0.3, 0.4) is 0 Å². The van der Waals surface area contributed by atoms with Crippen LogP contribution in [0.5, 0.6) is 0 Å². The summed E-state index contributed by atoms with van der Waals surface area (Å²) in [5.74, 6) is -0.121. The van der Waals surface area contributed by atoms with Crippen molar-refractivity contribution in [3.8, 4) is 0 Å². The molecule has 2 N–H and O–H groups in total. The zero-order chi connectivity index (χ0) is 15.2. The van der Waals surface area contributed by atoms with Gasteiger partial charge in [-0.25, -0.2) is 0 Å². The van der Waals surface area contributed by atoms with Crippen molar-refractivity contribution in [1.29, 1.82) is 0 Å². The highest BCUT2D eigenvalue weighted by Gasteiger charge is 2.23. The van der Waals surface area contributed by atoms with Crippen molar-refractivity contribution in [1.82, 2.24) is 15.1 Å². The zero-order valence-corrected chi connectivity index (χ0v) is 12.4. The molecule has 0 saturated heterocycles. The van der Waals surface area contributed by atoms with E-state index in [1.807, 2.05) is 44.2 Å². The lowest BCUT2D eigenvalue weighted by molar-refractivity contribution is 0.0642. The molecular weight excluding hydrogens is 266 g/mol. The van der Waals surface area contributed by atoms with E-state index in [1.54, 1.807) is 11.0 Å². The third-order valence-corrected chi connectivity index (χ3v) is 3.46. The van der Waals surface area contributed by atoms with Gasteiger partial charge >= 0.3 is 0 Å². The fourth-order valence-electron chi connectivity index (χ4n) is 2.23. The van der Waals surface area contributed by atoms with Crippen LogP contribution in [-0.4, -0.2) is 38.8 Å². The van der Waals surface area contributed by atoms with Gasteiger partial charge in [-0.15, -0.1) is 0 Å². The number of amides is 1. The third-order valence-electron chi connectivity index (χ3n) is 3.46. The molecule has 0 saturated carbocycles. The number of aromatic amines is 1. The van der Waals surface area contributed by atoms with E-state index < -0.39 is 0 Å². The number of nitrogens with zero attached hydrogens (tertiary/aromatic N) is 2. The monoisotopic (exact) mass is 287 g/mol. The first kappa shape index (κ1) is 15.3. The topological polar surface area (TPSA) is 69.2 Å². The second kappa shape index (κ2) is 7.04. The maximum atomic E-state index is 12.6. The van der Waals surface area contributed by atoms with Crippen LogP contribution in [-0.2, 0) is 6.54 Å². The zero-order valence-electron chi connectivity index (χ0n) is 12.4. The van der Waals surface area contributed by atoms with Gasteiger partial charge in [0.1, 0.15) is 5.69 Å². The maximum absolute atomic E-state index is 12.6. The maximum Gasteiger partial charge on any atom is 0.274 e. The highest BCUT2D eigenvalue weighted by atomic mass is 16.3. The molecule has 0 fully saturated rings. The number of benzene rings is 1. The van der Waals surface area contributed by atoms with Crippen LogP contribution in [0.4, 0.5) is 0 Å². The van der Waals surface area contributed by atoms with Gasteiger partial charge in [0.15, 0.2) is 0 Å². The summed E-state index contributed by atoms with van der Waals surface area (Å²) in [4.78, 5) is 14.4. The molecule has 2 rings (SSSR count). The van der Waals surface area contributed by atoms with Gasteiger partial charge in [-0.05, 0) is 31.9 Å². The SMILES string of the molecule is Cc1cc(C(=O)N(Cc2ccccc2)C(C)CCO)n[nH]1. The van der Waals surface area contributed by atoms with Crippen LogP contribution in [0.1, 0.15) is 35.1 Å². The molecule has 0 aliphatic carbocycles. The van der Waals surface area contributed by atoms with Crippen LogP contribution in [0, 0.1) is 6.92 Å². The van der Waals surface area contributed by atoms with Crippen molar-refractivity contribution in [3.05, 3.63) is 53.3 Å². The molecule has 0 bridgehead atoms. The quantitative estimate of drug-likeness (QED) is 0.855. The number of nitrogens with one attached hydrogen (secondary N) is 1. The van der Waals surface area contributed by atoms with Crippen LogP contribution in [0.15, 0.2) is 36.4 Å². The Hall–Kier alpha value is -2.14. The third kappa shape index (κ3) is 3.92.